The number of rotatable bonds is 4. The minimum absolute atomic E-state index is 0.712. The normalized spacial score (nSPS) is 15.0. The molecular weight excluding hydrogens is 224 g/mol. The van der Waals surface area contributed by atoms with E-state index in [0.29, 0.717) is 6.04 Å². The smallest absolute Gasteiger partial charge is 0.142 e. The summed E-state index contributed by atoms with van der Waals surface area (Å²) in [4.78, 5) is 8.85. The van der Waals surface area contributed by atoms with Crippen molar-refractivity contribution in [2.75, 3.05) is 0 Å². The van der Waals surface area contributed by atoms with Crippen LogP contribution in [-0.2, 0) is 6.54 Å². The van der Waals surface area contributed by atoms with Gasteiger partial charge in [-0.3, -0.25) is 4.57 Å². The maximum atomic E-state index is 4.50. The third kappa shape index (κ3) is 2.16. The Morgan fingerprint density at radius 2 is 2.17 bits per heavy atom. The first kappa shape index (κ1) is 11.4. The van der Waals surface area contributed by atoms with Crippen LogP contribution in [0.5, 0.6) is 0 Å². The van der Waals surface area contributed by atoms with Crippen LogP contribution >= 0.6 is 0 Å². The molecule has 4 nitrogen and oxygen atoms in total. The molecule has 0 radical (unpaired) electrons. The van der Waals surface area contributed by atoms with Crippen molar-refractivity contribution in [1.29, 1.82) is 0 Å². The van der Waals surface area contributed by atoms with Crippen LogP contribution in [0.4, 0.5) is 0 Å². The monoisotopic (exact) mass is 242 g/mol. The lowest BCUT2D eigenvalue weighted by molar-refractivity contribution is 0.680. The molecule has 1 aliphatic rings. The van der Waals surface area contributed by atoms with E-state index in [1.165, 1.54) is 18.4 Å². The Labute approximate surface area is 107 Å². The maximum Gasteiger partial charge on any atom is 0.142 e. The van der Waals surface area contributed by atoms with Crippen molar-refractivity contribution in [3.05, 3.63) is 41.6 Å². The largest absolute Gasteiger partial charge is 0.310 e. The van der Waals surface area contributed by atoms with Crippen LogP contribution in [0.25, 0.3) is 5.82 Å². The number of nitrogens with one attached hydrogen (secondary N) is 1. The van der Waals surface area contributed by atoms with Gasteiger partial charge in [0.2, 0.25) is 0 Å². The number of pyridine rings is 1. The lowest BCUT2D eigenvalue weighted by atomic mass is 10.2. The highest BCUT2D eigenvalue weighted by Gasteiger charge is 2.21. The zero-order valence-electron chi connectivity index (χ0n) is 10.8. The van der Waals surface area contributed by atoms with Crippen LogP contribution in [0.2, 0.25) is 0 Å². The van der Waals surface area contributed by atoms with Crippen LogP contribution in [0.3, 0.4) is 0 Å². The molecule has 0 spiro atoms. The van der Waals surface area contributed by atoms with Gasteiger partial charge in [0.05, 0.1) is 5.69 Å². The Balaban J connectivity index is 1.92. The van der Waals surface area contributed by atoms with Crippen molar-refractivity contribution in [3.8, 4) is 5.82 Å². The fourth-order valence-corrected chi connectivity index (χ4v) is 2.04. The van der Waals surface area contributed by atoms with Gasteiger partial charge in [-0.2, -0.15) is 0 Å². The predicted octanol–water partition coefficient (Wildman–Crippen LogP) is 2.14. The number of aromatic nitrogens is 3. The Bertz CT molecular complexity index is 555. The van der Waals surface area contributed by atoms with Gasteiger partial charge < -0.3 is 5.32 Å². The van der Waals surface area contributed by atoms with E-state index in [1.54, 1.807) is 0 Å². The molecule has 4 heteroatoms. The highest BCUT2D eigenvalue weighted by Crippen LogP contribution is 2.21. The van der Waals surface area contributed by atoms with E-state index in [0.717, 1.165) is 23.8 Å². The molecule has 1 aliphatic carbocycles. The van der Waals surface area contributed by atoms with Crippen molar-refractivity contribution in [2.24, 2.45) is 0 Å². The van der Waals surface area contributed by atoms with Gasteiger partial charge in [-0.1, -0.05) is 6.07 Å². The topological polar surface area (TPSA) is 42.7 Å². The van der Waals surface area contributed by atoms with E-state index in [4.69, 9.17) is 0 Å². The van der Waals surface area contributed by atoms with Crippen LogP contribution in [0.1, 0.15) is 29.8 Å². The van der Waals surface area contributed by atoms with E-state index >= 15 is 0 Å². The number of hydrogen-bond donors (Lipinski definition) is 1. The Morgan fingerprint density at radius 1 is 1.33 bits per heavy atom. The van der Waals surface area contributed by atoms with Gasteiger partial charge in [0.15, 0.2) is 0 Å². The zero-order valence-corrected chi connectivity index (χ0v) is 10.8. The van der Waals surface area contributed by atoms with Crippen LogP contribution in [-0.4, -0.2) is 20.6 Å². The van der Waals surface area contributed by atoms with Crippen molar-refractivity contribution < 1.29 is 0 Å². The standard InChI is InChI=1S/C14H18N4/c1-10-11(2)18(9-17-10)14-12(4-3-7-15-14)8-16-13-5-6-13/h3-4,7,9,13,16H,5-6,8H2,1-2H3. The summed E-state index contributed by atoms with van der Waals surface area (Å²) in [7, 11) is 0. The summed E-state index contributed by atoms with van der Waals surface area (Å²) < 4.78 is 2.07. The van der Waals surface area contributed by atoms with Crippen molar-refractivity contribution in [2.45, 2.75) is 39.3 Å². The van der Waals surface area contributed by atoms with Crippen LogP contribution in [0, 0.1) is 13.8 Å². The summed E-state index contributed by atoms with van der Waals surface area (Å²) in [5, 5.41) is 3.54. The molecule has 0 amide bonds. The van der Waals surface area contributed by atoms with Gasteiger partial charge in [0, 0.05) is 30.0 Å². The molecule has 0 unspecified atom stereocenters. The summed E-state index contributed by atoms with van der Waals surface area (Å²) in [6, 6.07) is 4.84. The first-order chi connectivity index (χ1) is 8.75. The molecule has 0 aliphatic heterocycles. The number of aryl methyl sites for hydroxylation is 1. The summed E-state index contributed by atoms with van der Waals surface area (Å²) >= 11 is 0. The van der Waals surface area contributed by atoms with Crippen molar-refractivity contribution in [1.82, 2.24) is 19.9 Å². The Morgan fingerprint density at radius 3 is 2.83 bits per heavy atom. The molecule has 0 saturated heterocycles. The average Bonchev–Trinajstić information content (AvgIpc) is 3.16. The molecule has 1 N–H and O–H groups in total. The maximum absolute atomic E-state index is 4.50. The number of hydrogen-bond acceptors (Lipinski definition) is 3. The summed E-state index contributed by atoms with van der Waals surface area (Å²) in [5.41, 5.74) is 3.44. The Hall–Kier alpha value is -1.68. The number of imidazole rings is 1. The lowest BCUT2D eigenvalue weighted by Crippen LogP contribution is -2.17. The molecule has 1 saturated carbocycles. The highest BCUT2D eigenvalue weighted by atomic mass is 15.1. The summed E-state index contributed by atoms with van der Waals surface area (Å²) in [6.07, 6.45) is 6.30. The van der Waals surface area contributed by atoms with Crippen LogP contribution < -0.4 is 5.32 Å². The molecule has 0 aromatic carbocycles. The number of nitrogens with zero attached hydrogens (tertiary/aromatic N) is 3. The van der Waals surface area contributed by atoms with Gasteiger partial charge >= 0.3 is 0 Å². The molecule has 3 rings (SSSR count). The van der Waals surface area contributed by atoms with Gasteiger partial charge in [0.1, 0.15) is 12.1 Å². The zero-order chi connectivity index (χ0) is 12.5. The third-order valence-electron chi connectivity index (χ3n) is 3.51. The van der Waals surface area contributed by atoms with Gasteiger partial charge in [0.25, 0.3) is 0 Å². The second kappa shape index (κ2) is 4.53. The van der Waals surface area contributed by atoms with E-state index in [2.05, 4.69) is 32.8 Å². The lowest BCUT2D eigenvalue weighted by Gasteiger charge is -2.11. The first-order valence-electron chi connectivity index (χ1n) is 6.44. The molecule has 94 valence electrons. The quantitative estimate of drug-likeness (QED) is 0.893. The molecule has 0 bridgehead atoms. The fourth-order valence-electron chi connectivity index (χ4n) is 2.04. The van der Waals surface area contributed by atoms with E-state index in [9.17, 15) is 0 Å². The second-order valence-corrected chi connectivity index (χ2v) is 4.93. The highest BCUT2D eigenvalue weighted by molar-refractivity contribution is 5.36. The molecule has 0 atom stereocenters. The average molecular weight is 242 g/mol. The van der Waals surface area contributed by atoms with E-state index in [1.807, 2.05) is 25.5 Å². The van der Waals surface area contributed by atoms with E-state index < -0.39 is 0 Å². The molecule has 2 aromatic heterocycles. The SMILES string of the molecule is Cc1ncn(-c2ncccc2CNC2CC2)c1C. The molecule has 1 fully saturated rings. The summed E-state index contributed by atoms with van der Waals surface area (Å²) in [5.74, 6) is 0.990. The first-order valence-corrected chi connectivity index (χ1v) is 6.44. The van der Waals surface area contributed by atoms with Crippen molar-refractivity contribution in [3.63, 3.8) is 0 Å². The molecule has 2 heterocycles. The van der Waals surface area contributed by atoms with Gasteiger partial charge in [-0.05, 0) is 32.8 Å². The predicted molar refractivity (Wildman–Crippen MR) is 70.7 cm³/mol. The molecule has 2 aromatic rings. The summed E-state index contributed by atoms with van der Waals surface area (Å²) in [6.45, 7) is 4.98. The Kier molecular flexibility index (Phi) is 2.88. The van der Waals surface area contributed by atoms with E-state index in [-0.39, 0.29) is 0 Å². The van der Waals surface area contributed by atoms with Gasteiger partial charge in [-0.15, -0.1) is 0 Å². The molecule has 18 heavy (non-hydrogen) atoms. The minimum Gasteiger partial charge on any atom is -0.310 e. The third-order valence-corrected chi connectivity index (χ3v) is 3.51. The van der Waals surface area contributed by atoms with Gasteiger partial charge in [-0.25, -0.2) is 9.97 Å². The fraction of sp³-hybridized carbons (Fsp3) is 0.429. The second-order valence-electron chi connectivity index (χ2n) is 4.93. The molecular formula is C14H18N4. The van der Waals surface area contributed by atoms with Crippen molar-refractivity contribution >= 4 is 0 Å². The minimum atomic E-state index is 0.712. The van der Waals surface area contributed by atoms with Crippen LogP contribution in [0.15, 0.2) is 24.7 Å².